The van der Waals surface area contributed by atoms with Crippen molar-refractivity contribution in [1.29, 1.82) is 0 Å². The number of sulfonamides is 1. The van der Waals surface area contributed by atoms with E-state index in [9.17, 15) is 22.4 Å². The number of benzene rings is 2. The summed E-state index contributed by atoms with van der Waals surface area (Å²) in [5, 5.41) is 2.50. The molecule has 0 aromatic heterocycles. The van der Waals surface area contributed by atoms with Gasteiger partial charge >= 0.3 is 5.97 Å². The van der Waals surface area contributed by atoms with Gasteiger partial charge in [0.15, 0.2) is 13.2 Å². The highest BCUT2D eigenvalue weighted by molar-refractivity contribution is 7.89. The Morgan fingerprint density at radius 3 is 2.25 bits per heavy atom. The Kier molecular flexibility index (Phi) is 7.44. The van der Waals surface area contributed by atoms with Crippen molar-refractivity contribution in [3.8, 4) is 5.75 Å². The third-order valence-electron chi connectivity index (χ3n) is 3.22. The highest BCUT2D eigenvalue weighted by atomic mass is 32.2. The van der Waals surface area contributed by atoms with Gasteiger partial charge in [-0.15, -0.1) is 0 Å². The van der Waals surface area contributed by atoms with Crippen molar-refractivity contribution in [2.75, 3.05) is 25.6 Å². The van der Waals surface area contributed by atoms with Crippen molar-refractivity contribution >= 4 is 27.6 Å². The lowest BCUT2D eigenvalue weighted by Crippen LogP contribution is -2.29. The quantitative estimate of drug-likeness (QED) is 0.469. The first kappa shape index (κ1) is 21.3. The molecule has 0 spiro atoms. The molecule has 150 valence electrons. The fourth-order valence-corrected chi connectivity index (χ4v) is 2.69. The van der Waals surface area contributed by atoms with Crippen LogP contribution in [0.2, 0.25) is 0 Å². The number of carbonyl (C=O) groups excluding carboxylic acids is 2. The van der Waals surface area contributed by atoms with E-state index in [0.717, 1.165) is 24.3 Å². The van der Waals surface area contributed by atoms with Gasteiger partial charge in [0.2, 0.25) is 0 Å². The van der Waals surface area contributed by atoms with Crippen LogP contribution in [0.1, 0.15) is 0 Å². The van der Waals surface area contributed by atoms with Gasteiger partial charge in [-0.3, -0.25) is 9.63 Å². The van der Waals surface area contributed by atoms with Crippen LogP contribution in [0.3, 0.4) is 0 Å². The van der Waals surface area contributed by atoms with Gasteiger partial charge in [-0.25, -0.2) is 17.6 Å². The molecule has 2 aromatic rings. The molecule has 0 bridgehead atoms. The van der Waals surface area contributed by atoms with E-state index in [1.54, 1.807) is 29.2 Å². The lowest BCUT2D eigenvalue weighted by Gasteiger charge is -2.08. The van der Waals surface area contributed by atoms with Crippen molar-refractivity contribution in [2.45, 2.75) is 4.90 Å². The molecule has 28 heavy (non-hydrogen) atoms. The standard InChI is InChI=1S/C17H17FN2O7S/c1-25-14-6-4-13(5-7-14)19-16(21)10-26-17(22)11-27-20-28(23,24)15-8-2-12(18)3-9-15/h2-9,20H,10-11H2,1H3,(H,19,21). The molecule has 0 aliphatic heterocycles. The number of halogens is 1. The molecule has 2 rings (SSSR count). The van der Waals surface area contributed by atoms with Crippen LogP contribution in [0.4, 0.5) is 10.1 Å². The van der Waals surface area contributed by atoms with E-state index in [0.29, 0.717) is 11.4 Å². The molecule has 0 aliphatic rings. The minimum Gasteiger partial charge on any atom is -0.497 e. The Morgan fingerprint density at radius 1 is 1.00 bits per heavy atom. The number of amides is 1. The van der Waals surface area contributed by atoms with Crippen LogP contribution < -0.4 is 14.9 Å². The first-order valence-electron chi connectivity index (χ1n) is 7.79. The predicted octanol–water partition coefficient (Wildman–Crippen LogP) is 1.23. The molecule has 0 atom stereocenters. The fraction of sp³-hybridized carbons (Fsp3) is 0.176. The van der Waals surface area contributed by atoms with Gasteiger partial charge < -0.3 is 14.8 Å². The third kappa shape index (κ3) is 6.61. The summed E-state index contributed by atoms with van der Waals surface area (Å²) in [6.07, 6.45) is 0. The van der Waals surface area contributed by atoms with E-state index in [4.69, 9.17) is 4.74 Å². The number of nitrogens with one attached hydrogen (secondary N) is 2. The molecule has 2 N–H and O–H groups in total. The van der Waals surface area contributed by atoms with E-state index in [1.807, 2.05) is 0 Å². The van der Waals surface area contributed by atoms with Crippen LogP contribution in [0.25, 0.3) is 0 Å². The minimum absolute atomic E-state index is 0.249. The molecule has 2 aromatic carbocycles. The molecule has 0 saturated heterocycles. The number of hydrogen-bond donors (Lipinski definition) is 2. The monoisotopic (exact) mass is 412 g/mol. The predicted molar refractivity (Wildman–Crippen MR) is 95.3 cm³/mol. The van der Waals surface area contributed by atoms with Crippen molar-refractivity contribution < 1.29 is 36.7 Å². The van der Waals surface area contributed by atoms with E-state index in [1.165, 1.54) is 7.11 Å². The summed E-state index contributed by atoms with van der Waals surface area (Å²) < 4.78 is 46.2. The normalized spacial score (nSPS) is 10.9. The van der Waals surface area contributed by atoms with E-state index < -0.39 is 40.9 Å². The van der Waals surface area contributed by atoms with Gasteiger partial charge in [0.25, 0.3) is 15.9 Å². The smallest absolute Gasteiger partial charge is 0.334 e. The zero-order valence-corrected chi connectivity index (χ0v) is 15.5. The maximum absolute atomic E-state index is 12.8. The van der Waals surface area contributed by atoms with Crippen molar-refractivity contribution in [1.82, 2.24) is 4.89 Å². The lowest BCUT2D eigenvalue weighted by molar-refractivity contribution is -0.152. The average molecular weight is 412 g/mol. The number of rotatable bonds is 9. The Balaban J connectivity index is 1.71. The van der Waals surface area contributed by atoms with Crippen LogP contribution in [0, 0.1) is 5.82 Å². The van der Waals surface area contributed by atoms with Crippen LogP contribution in [-0.4, -0.2) is 40.6 Å². The Bertz CT molecular complexity index is 916. The maximum Gasteiger partial charge on any atom is 0.334 e. The molecule has 0 aliphatic carbocycles. The van der Waals surface area contributed by atoms with E-state index in [-0.39, 0.29) is 4.90 Å². The highest BCUT2D eigenvalue weighted by Gasteiger charge is 2.16. The van der Waals surface area contributed by atoms with Crippen LogP contribution in [-0.2, 0) is 29.2 Å². The van der Waals surface area contributed by atoms with Gasteiger partial charge in [0.1, 0.15) is 11.6 Å². The summed E-state index contributed by atoms with van der Waals surface area (Å²) in [6.45, 7) is -1.35. The summed E-state index contributed by atoms with van der Waals surface area (Å²) in [6, 6.07) is 10.5. The molecule has 0 radical (unpaired) electrons. The molecule has 1 amide bonds. The largest absolute Gasteiger partial charge is 0.497 e. The summed E-state index contributed by atoms with van der Waals surface area (Å²) >= 11 is 0. The lowest BCUT2D eigenvalue weighted by atomic mass is 10.3. The molecular weight excluding hydrogens is 395 g/mol. The highest BCUT2D eigenvalue weighted by Crippen LogP contribution is 2.14. The number of ether oxygens (including phenoxy) is 2. The van der Waals surface area contributed by atoms with Crippen LogP contribution in [0.15, 0.2) is 53.4 Å². The summed E-state index contributed by atoms with van der Waals surface area (Å²) in [5.74, 6) is -1.54. The molecule has 9 nitrogen and oxygen atoms in total. The minimum atomic E-state index is -4.09. The van der Waals surface area contributed by atoms with Crippen molar-refractivity contribution in [3.63, 3.8) is 0 Å². The first-order chi connectivity index (χ1) is 13.3. The zero-order valence-electron chi connectivity index (χ0n) is 14.7. The number of hydrogen-bond acceptors (Lipinski definition) is 7. The van der Waals surface area contributed by atoms with E-state index in [2.05, 4.69) is 14.9 Å². The van der Waals surface area contributed by atoms with Crippen LogP contribution in [0.5, 0.6) is 5.75 Å². The molecule has 0 heterocycles. The Hall–Kier alpha value is -3.02. The Labute approximate surface area is 160 Å². The molecule has 0 fully saturated rings. The van der Waals surface area contributed by atoms with Gasteiger partial charge in [0, 0.05) is 5.69 Å². The average Bonchev–Trinajstić information content (AvgIpc) is 2.67. The molecule has 11 heteroatoms. The van der Waals surface area contributed by atoms with Crippen molar-refractivity contribution in [3.05, 3.63) is 54.3 Å². The van der Waals surface area contributed by atoms with Gasteiger partial charge in [0.05, 0.1) is 12.0 Å². The summed E-state index contributed by atoms with van der Waals surface area (Å²) in [7, 11) is -2.58. The summed E-state index contributed by atoms with van der Waals surface area (Å²) in [5.41, 5.74) is 0.477. The van der Waals surface area contributed by atoms with Crippen LogP contribution >= 0.6 is 0 Å². The second-order valence-corrected chi connectivity index (χ2v) is 6.91. The first-order valence-corrected chi connectivity index (χ1v) is 9.27. The maximum atomic E-state index is 12.8. The number of carbonyl (C=O) groups is 2. The summed E-state index contributed by atoms with van der Waals surface area (Å²) in [4.78, 5) is 29.3. The third-order valence-corrected chi connectivity index (χ3v) is 4.45. The number of anilines is 1. The number of methoxy groups -OCH3 is 1. The molecule has 0 saturated carbocycles. The second-order valence-electron chi connectivity index (χ2n) is 5.27. The van der Waals surface area contributed by atoms with Gasteiger partial charge in [-0.05, 0) is 48.5 Å². The van der Waals surface area contributed by atoms with E-state index >= 15 is 0 Å². The van der Waals surface area contributed by atoms with Gasteiger partial charge in [-0.2, -0.15) is 0 Å². The molecule has 0 unspecified atom stereocenters. The topological polar surface area (TPSA) is 120 Å². The second kappa shape index (κ2) is 9.78. The van der Waals surface area contributed by atoms with Crippen molar-refractivity contribution in [2.24, 2.45) is 0 Å². The SMILES string of the molecule is COc1ccc(NC(=O)COC(=O)CONS(=O)(=O)c2ccc(F)cc2)cc1. The zero-order chi connectivity index (χ0) is 20.6. The Morgan fingerprint density at radius 2 is 1.64 bits per heavy atom. The fourth-order valence-electron chi connectivity index (χ4n) is 1.89. The number of esters is 1. The van der Waals surface area contributed by atoms with Gasteiger partial charge in [-0.1, -0.05) is 4.89 Å². The molecular formula is C17H17FN2O7S.